The number of carbonyl (C=O) groups is 8. The zero-order chi connectivity index (χ0) is 56.4. The fourth-order valence-corrected chi connectivity index (χ4v) is 9.83. The fraction of sp³-hybridized carbons (Fsp3) is 0.725. The van der Waals surface area contributed by atoms with E-state index in [9.17, 15) is 84.3 Å². The number of nitrogens with one attached hydrogen (secondary N) is 5. The molecule has 428 valence electrons. The first kappa shape index (κ1) is 63.0. The summed E-state index contributed by atoms with van der Waals surface area (Å²) in [5.41, 5.74) is 5.32. The Kier molecular flexibility index (Phi) is 25.2. The molecular weight excluding hydrogens is 997 g/mol. The summed E-state index contributed by atoms with van der Waals surface area (Å²) in [4.78, 5) is 113. The molecule has 1 aromatic rings. The number of aromatic hydroxyl groups is 1. The van der Waals surface area contributed by atoms with Crippen molar-refractivity contribution < 1.29 is 84.3 Å². The van der Waals surface area contributed by atoms with Gasteiger partial charge in [0.1, 0.15) is 60.3 Å². The largest absolute Gasteiger partial charge is 0.508 e. The molecule has 1 aromatic carbocycles. The summed E-state index contributed by atoms with van der Waals surface area (Å²) in [5, 5.41) is 110. The number of nitrogens with zero attached hydrogens (tertiary/aromatic N) is 2. The van der Waals surface area contributed by atoms with E-state index in [2.05, 4.69) is 33.5 Å². The van der Waals surface area contributed by atoms with Crippen LogP contribution in [0.25, 0.3) is 0 Å². The molecule has 3 saturated heterocycles. The van der Waals surface area contributed by atoms with Crippen LogP contribution in [-0.4, -0.2) is 196 Å². The number of phenolic OH excluding ortho intramolecular Hbond substituents is 1. The molecule has 0 saturated carbocycles. The van der Waals surface area contributed by atoms with Crippen LogP contribution in [0.4, 0.5) is 0 Å². The van der Waals surface area contributed by atoms with Crippen molar-refractivity contribution in [3.63, 3.8) is 0 Å². The highest BCUT2D eigenvalue weighted by atomic mass is 16.3. The zero-order valence-electron chi connectivity index (χ0n) is 43.7. The maximum Gasteiger partial charge on any atom is 0.248 e. The molecule has 25 nitrogen and oxygen atoms in total. The molecule has 16 N–H and O–H groups in total. The summed E-state index contributed by atoms with van der Waals surface area (Å²) in [6, 6.07) is -6.88. The molecule has 4 rings (SSSR count). The van der Waals surface area contributed by atoms with Crippen LogP contribution in [0.2, 0.25) is 0 Å². The molecule has 15 unspecified atom stereocenters. The highest BCUT2D eigenvalue weighted by Gasteiger charge is 2.50. The van der Waals surface area contributed by atoms with E-state index in [1.165, 1.54) is 44.2 Å². The molecule has 0 bridgehead atoms. The van der Waals surface area contributed by atoms with Gasteiger partial charge in [-0.2, -0.15) is 0 Å². The van der Waals surface area contributed by atoms with Gasteiger partial charge in [-0.3, -0.25) is 38.4 Å². The van der Waals surface area contributed by atoms with Gasteiger partial charge in [-0.25, -0.2) is 0 Å². The van der Waals surface area contributed by atoms with E-state index >= 15 is 0 Å². The van der Waals surface area contributed by atoms with Crippen LogP contribution in [0.5, 0.6) is 5.75 Å². The Labute approximate surface area is 442 Å². The maximum absolute atomic E-state index is 14.5. The number of nitrogens with two attached hydrogens (primary N) is 1. The Hall–Kier alpha value is -5.54. The number of hydrogen-bond acceptors (Lipinski definition) is 17. The lowest BCUT2D eigenvalue weighted by Crippen LogP contribution is -2.63. The van der Waals surface area contributed by atoms with Gasteiger partial charge in [0.25, 0.3) is 0 Å². The molecule has 8 amide bonds. The standard InChI is InChI=1S/C51H82N8O17/c1-4-5-6-7-8-9-10-11-12-13-14-15-27(2)44(69)54-34-23-36(64)47(72)57-49(74)40-41(66)30(26-60)24-59(40)50(75)33(20-21-37(52)65)53-48(73)39(43(68)42(67)29-16-18-31(62)19-17-29)56-46(71)35-22-32(63)25-58(35)51(76)38(28(3)61)55-45(34)70/h16-19,27-28,30,32-36,38-43,47,60-64,66-68,72H,4-15,20-26H2,1-3H3,(H2,52,65)(H,53,73)(H,54,69)(H,55,70)(H,56,71)(H,57,74). The van der Waals surface area contributed by atoms with Crippen LogP contribution in [-0.2, 0) is 38.4 Å². The van der Waals surface area contributed by atoms with Gasteiger partial charge in [0, 0.05) is 44.2 Å². The van der Waals surface area contributed by atoms with Crippen molar-refractivity contribution in [2.24, 2.45) is 17.6 Å². The first-order chi connectivity index (χ1) is 36.0. The summed E-state index contributed by atoms with van der Waals surface area (Å²) in [5.74, 6) is -11.3. The van der Waals surface area contributed by atoms with E-state index in [1.807, 2.05) is 0 Å². The van der Waals surface area contributed by atoms with Gasteiger partial charge in [0.05, 0.1) is 24.9 Å². The summed E-state index contributed by atoms with van der Waals surface area (Å²) < 4.78 is 0. The molecule has 0 aromatic heterocycles. The van der Waals surface area contributed by atoms with Crippen LogP contribution in [0.3, 0.4) is 0 Å². The predicted molar refractivity (Wildman–Crippen MR) is 270 cm³/mol. The number of hydrogen-bond donors (Lipinski definition) is 15. The SMILES string of the molecule is CCCCCCCCCCCCCC(C)C(=O)NC1CC(O)C(O)NC(=O)C2C(O)C(CO)CN2C(=O)C(CCC(N)=O)NC(=O)C(C(O)C(O)c2ccc(O)cc2)NC(=O)C2CC(O)CN2C(=O)C(C(C)O)NC1=O. The molecule has 3 fully saturated rings. The van der Waals surface area contributed by atoms with Crippen LogP contribution in [0.1, 0.15) is 135 Å². The van der Waals surface area contributed by atoms with E-state index in [0.29, 0.717) is 12.8 Å². The van der Waals surface area contributed by atoms with Gasteiger partial charge >= 0.3 is 0 Å². The second kappa shape index (κ2) is 30.4. The maximum atomic E-state index is 14.5. The van der Waals surface area contributed by atoms with E-state index in [4.69, 9.17) is 5.73 Å². The summed E-state index contributed by atoms with van der Waals surface area (Å²) in [6.45, 7) is 2.96. The lowest BCUT2D eigenvalue weighted by Gasteiger charge is -2.33. The molecule has 0 radical (unpaired) electrons. The zero-order valence-corrected chi connectivity index (χ0v) is 43.7. The number of phenols is 1. The van der Waals surface area contributed by atoms with Crippen molar-refractivity contribution in [2.45, 2.75) is 203 Å². The molecule has 15 atom stereocenters. The number of unbranched alkanes of at least 4 members (excludes halogenated alkanes) is 10. The summed E-state index contributed by atoms with van der Waals surface area (Å²) >= 11 is 0. The van der Waals surface area contributed by atoms with Crippen LogP contribution in [0, 0.1) is 11.8 Å². The Balaban J connectivity index is 1.72. The molecular formula is C51H82N8O17. The smallest absolute Gasteiger partial charge is 0.248 e. The molecule has 3 aliphatic heterocycles. The number of aliphatic hydroxyl groups is 8. The number of fused-ring (bicyclic) bond motifs is 2. The van der Waals surface area contributed by atoms with Crippen molar-refractivity contribution in [1.82, 2.24) is 36.4 Å². The van der Waals surface area contributed by atoms with E-state index in [0.717, 1.165) is 61.0 Å². The van der Waals surface area contributed by atoms with E-state index < -0.39 is 184 Å². The minimum Gasteiger partial charge on any atom is -0.508 e. The van der Waals surface area contributed by atoms with E-state index in [-0.39, 0.29) is 11.3 Å². The second-order valence-corrected chi connectivity index (χ2v) is 20.6. The van der Waals surface area contributed by atoms with Gasteiger partial charge in [0.15, 0.2) is 6.23 Å². The highest BCUT2D eigenvalue weighted by molar-refractivity contribution is 5.98. The van der Waals surface area contributed by atoms with Crippen LogP contribution >= 0.6 is 0 Å². The van der Waals surface area contributed by atoms with Crippen molar-refractivity contribution in [1.29, 1.82) is 0 Å². The molecule has 0 aliphatic carbocycles. The summed E-state index contributed by atoms with van der Waals surface area (Å²) in [7, 11) is 0. The number of carbonyl (C=O) groups excluding carboxylic acids is 8. The quantitative estimate of drug-likeness (QED) is 0.0516. The lowest BCUT2D eigenvalue weighted by atomic mass is 9.96. The first-order valence-corrected chi connectivity index (χ1v) is 26.6. The number of benzene rings is 1. The van der Waals surface area contributed by atoms with Crippen molar-refractivity contribution in [2.75, 3.05) is 19.7 Å². The van der Waals surface area contributed by atoms with Gasteiger partial charge < -0.3 is 88.1 Å². The number of amides is 8. The van der Waals surface area contributed by atoms with Gasteiger partial charge in [-0.05, 0) is 37.5 Å². The third-order valence-electron chi connectivity index (χ3n) is 14.5. The third-order valence-corrected chi connectivity index (χ3v) is 14.5. The number of primary amides is 1. The normalized spacial score (nSPS) is 28.9. The summed E-state index contributed by atoms with van der Waals surface area (Å²) in [6.07, 6.45) is -4.12. The molecule has 25 heteroatoms. The Morgan fingerprint density at radius 1 is 0.724 bits per heavy atom. The molecule has 3 aliphatic rings. The monoisotopic (exact) mass is 1080 g/mol. The Morgan fingerprint density at radius 3 is 1.89 bits per heavy atom. The minimum absolute atomic E-state index is 0.0878. The molecule has 0 spiro atoms. The average Bonchev–Trinajstić information content (AvgIpc) is 3.95. The Bertz CT molecular complexity index is 2100. The number of rotatable bonds is 22. The predicted octanol–water partition coefficient (Wildman–Crippen LogP) is -2.95. The third kappa shape index (κ3) is 17.8. The fourth-order valence-electron chi connectivity index (χ4n) is 9.83. The van der Waals surface area contributed by atoms with Crippen LogP contribution in [0.15, 0.2) is 24.3 Å². The lowest BCUT2D eigenvalue weighted by molar-refractivity contribution is -0.147. The van der Waals surface area contributed by atoms with Gasteiger partial charge in [-0.1, -0.05) is 96.6 Å². The molecule has 76 heavy (non-hydrogen) atoms. The minimum atomic E-state index is -2.31. The number of aliphatic hydroxyl groups excluding tert-OH is 8. The van der Waals surface area contributed by atoms with Gasteiger partial charge in [0.2, 0.25) is 47.3 Å². The van der Waals surface area contributed by atoms with Crippen molar-refractivity contribution in [3.8, 4) is 5.75 Å². The van der Waals surface area contributed by atoms with E-state index in [1.54, 1.807) is 6.92 Å². The Morgan fingerprint density at radius 2 is 1.32 bits per heavy atom. The topological polar surface area (TPSA) is 411 Å². The second-order valence-electron chi connectivity index (χ2n) is 20.6. The molecule has 3 heterocycles. The highest BCUT2D eigenvalue weighted by Crippen LogP contribution is 2.28. The van der Waals surface area contributed by atoms with Crippen LogP contribution < -0.4 is 32.3 Å². The van der Waals surface area contributed by atoms with Crippen molar-refractivity contribution in [3.05, 3.63) is 29.8 Å². The van der Waals surface area contributed by atoms with Gasteiger partial charge in [-0.15, -0.1) is 0 Å². The van der Waals surface area contributed by atoms with Crippen molar-refractivity contribution >= 4 is 47.3 Å². The average molecular weight is 1080 g/mol. The first-order valence-electron chi connectivity index (χ1n) is 26.6.